The van der Waals surface area contributed by atoms with Crippen LogP contribution in [0.4, 0.5) is 4.39 Å². The molecule has 6 heteroatoms. The first kappa shape index (κ1) is 13.6. The topological polar surface area (TPSA) is 59.1 Å². The molecule has 19 heavy (non-hydrogen) atoms. The normalized spacial score (nSPS) is 10.3. The maximum Gasteiger partial charge on any atom is 0.147 e. The van der Waals surface area contributed by atoms with Gasteiger partial charge in [-0.15, -0.1) is 0 Å². The first-order valence-electron chi connectivity index (χ1n) is 5.25. The molecule has 0 aliphatic carbocycles. The predicted molar refractivity (Wildman–Crippen MR) is 74.0 cm³/mol. The molecule has 0 spiro atoms. The van der Waals surface area contributed by atoms with E-state index in [9.17, 15) is 4.39 Å². The van der Waals surface area contributed by atoms with Crippen LogP contribution in [0.1, 0.15) is 5.56 Å². The summed E-state index contributed by atoms with van der Waals surface area (Å²) in [5.41, 5.74) is 5.23. The Balaban J connectivity index is 2.47. The number of nitrogens with one attached hydrogen (secondary N) is 1. The minimum absolute atomic E-state index is 0.108. The molecule has 0 radical (unpaired) electrons. The van der Waals surface area contributed by atoms with Crippen LogP contribution >= 0.6 is 23.2 Å². The summed E-state index contributed by atoms with van der Waals surface area (Å²) < 4.78 is 19.1. The summed E-state index contributed by atoms with van der Waals surface area (Å²) >= 11 is 11.8. The molecule has 2 aromatic carbocycles. The Morgan fingerprint density at radius 1 is 1.11 bits per heavy atom. The van der Waals surface area contributed by atoms with E-state index in [1.807, 2.05) is 0 Å². The zero-order chi connectivity index (χ0) is 14.0. The summed E-state index contributed by atoms with van der Waals surface area (Å²) in [7, 11) is 0. The fraction of sp³-hybridized carbons (Fsp3) is 0. The number of halogens is 3. The van der Waals surface area contributed by atoms with Gasteiger partial charge in [0.1, 0.15) is 28.2 Å². The molecule has 0 aliphatic rings. The minimum atomic E-state index is -0.636. The fourth-order valence-electron chi connectivity index (χ4n) is 1.53. The molecule has 0 heterocycles. The lowest BCUT2D eigenvalue weighted by Gasteiger charge is -2.12. The van der Waals surface area contributed by atoms with Crippen molar-refractivity contribution in [2.45, 2.75) is 0 Å². The van der Waals surface area contributed by atoms with E-state index in [0.717, 1.165) is 0 Å². The molecular formula is C13H9Cl2FN2O. The number of rotatable bonds is 3. The molecule has 2 aromatic rings. The van der Waals surface area contributed by atoms with E-state index in [2.05, 4.69) is 0 Å². The Hall–Kier alpha value is -1.78. The summed E-state index contributed by atoms with van der Waals surface area (Å²) in [5, 5.41) is 7.91. The van der Waals surface area contributed by atoms with E-state index < -0.39 is 11.7 Å². The predicted octanol–water partition coefficient (Wildman–Crippen LogP) is 4.21. The summed E-state index contributed by atoms with van der Waals surface area (Å²) in [6.07, 6.45) is 0. The second kappa shape index (κ2) is 5.47. The maximum absolute atomic E-state index is 13.6. The molecule has 98 valence electrons. The zero-order valence-electron chi connectivity index (χ0n) is 9.58. The van der Waals surface area contributed by atoms with Crippen LogP contribution in [0.15, 0.2) is 36.4 Å². The van der Waals surface area contributed by atoms with Gasteiger partial charge < -0.3 is 10.5 Å². The van der Waals surface area contributed by atoms with Crippen molar-refractivity contribution in [3.8, 4) is 11.5 Å². The largest absolute Gasteiger partial charge is 0.455 e. The van der Waals surface area contributed by atoms with Crippen molar-refractivity contribution in [2.75, 3.05) is 0 Å². The molecule has 3 nitrogen and oxygen atoms in total. The Morgan fingerprint density at radius 2 is 1.74 bits per heavy atom. The number of amidine groups is 1. The van der Waals surface area contributed by atoms with Gasteiger partial charge in [0.15, 0.2) is 0 Å². The second-order valence-electron chi connectivity index (χ2n) is 3.68. The summed E-state index contributed by atoms with van der Waals surface area (Å²) in [6, 6.07) is 8.99. The van der Waals surface area contributed by atoms with Gasteiger partial charge in [0.2, 0.25) is 0 Å². The van der Waals surface area contributed by atoms with E-state index in [1.165, 1.54) is 18.2 Å². The third kappa shape index (κ3) is 2.80. The molecule has 0 unspecified atom stereocenters. The van der Waals surface area contributed by atoms with Gasteiger partial charge in [-0.2, -0.15) is 0 Å². The smallest absolute Gasteiger partial charge is 0.147 e. The molecule has 2 rings (SSSR count). The number of nitrogen functional groups attached to an aromatic ring is 1. The Morgan fingerprint density at radius 3 is 2.42 bits per heavy atom. The number of ether oxygens (including phenoxy) is 1. The van der Waals surface area contributed by atoms with Crippen LogP contribution in [-0.2, 0) is 0 Å². The zero-order valence-corrected chi connectivity index (χ0v) is 11.1. The van der Waals surface area contributed by atoms with Gasteiger partial charge in [-0.3, -0.25) is 5.41 Å². The molecule has 0 saturated carbocycles. The van der Waals surface area contributed by atoms with Crippen LogP contribution in [0.3, 0.4) is 0 Å². The van der Waals surface area contributed by atoms with Crippen LogP contribution in [-0.4, -0.2) is 5.84 Å². The average Bonchev–Trinajstić information content (AvgIpc) is 2.34. The van der Waals surface area contributed by atoms with Crippen LogP contribution in [0.5, 0.6) is 11.5 Å². The van der Waals surface area contributed by atoms with Gasteiger partial charge in [0, 0.05) is 0 Å². The quantitative estimate of drug-likeness (QED) is 0.659. The van der Waals surface area contributed by atoms with Crippen LogP contribution in [0.25, 0.3) is 0 Å². The third-order valence-corrected chi connectivity index (χ3v) is 3.18. The van der Waals surface area contributed by atoms with Gasteiger partial charge in [-0.1, -0.05) is 35.3 Å². The van der Waals surface area contributed by atoms with Crippen molar-refractivity contribution in [3.63, 3.8) is 0 Å². The highest BCUT2D eigenvalue weighted by Crippen LogP contribution is 2.36. The summed E-state index contributed by atoms with van der Waals surface area (Å²) in [4.78, 5) is 0. The lowest BCUT2D eigenvalue weighted by atomic mass is 10.1. The first-order chi connectivity index (χ1) is 9.00. The van der Waals surface area contributed by atoms with E-state index in [1.54, 1.807) is 18.2 Å². The monoisotopic (exact) mass is 298 g/mol. The van der Waals surface area contributed by atoms with Gasteiger partial charge in [0.05, 0.1) is 10.6 Å². The highest BCUT2D eigenvalue weighted by Gasteiger charge is 2.15. The van der Waals surface area contributed by atoms with E-state index in [-0.39, 0.29) is 22.1 Å². The standard InChI is InChI=1S/C13H9Cl2FN2O/c14-7-3-1-6-10(12(7)15)19-9-5-2-4-8(16)11(9)13(17)18/h1-6H,(H3,17,18). The SMILES string of the molecule is N=C(N)c1c(F)cccc1Oc1cccc(Cl)c1Cl. The van der Waals surface area contributed by atoms with E-state index in [0.29, 0.717) is 5.02 Å². The molecule has 0 atom stereocenters. The molecular weight excluding hydrogens is 290 g/mol. The van der Waals surface area contributed by atoms with Crippen molar-refractivity contribution < 1.29 is 9.13 Å². The molecule has 0 bridgehead atoms. The third-order valence-electron chi connectivity index (χ3n) is 2.38. The molecule has 0 aliphatic heterocycles. The number of benzene rings is 2. The highest BCUT2D eigenvalue weighted by atomic mass is 35.5. The number of nitrogens with two attached hydrogens (primary N) is 1. The average molecular weight is 299 g/mol. The first-order valence-corrected chi connectivity index (χ1v) is 6.01. The van der Waals surface area contributed by atoms with Crippen molar-refractivity contribution >= 4 is 29.0 Å². The lowest BCUT2D eigenvalue weighted by Crippen LogP contribution is -2.14. The lowest BCUT2D eigenvalue weighted by molar-refractivity contribution is 0.475. The van der Waals surface area contributed by atoms with Gasteiger partial charge in [0.25, 0.3) is 0 Å². The second-order valence-corrected chi connectivity index (χ2v) is 4.47. The molecule has 0 fully saturated rings. The molecule has 0 amide bonds. The van der Waals surface area contributed by atoms with Gasteiger partial charge >= 0.3 is 0 Å². The summed E-state index contributed by atoms with van der Waals surface area (Å²) in [6.45, 7) is 0. The fourth-order valence-corrected chi connectivity index (χ4v) is 1.86. The Labute approximate surface area is 119 Å². The van der Waals surface area contributed by atoms with E-state index >= 15 is 0 Å². The van der Waals surface area contributed by atoms with E-state index in [4.69, 9.17) is 39.1 Å². The maximum atomic E-state index is 13.6. The van der Waals surface area contributed by atoms with Crippen molar-refractivity contribution in [2.24, 2.45) is 5.73 Å². The van der Waals surface area contributed by atoms with Gasteiger partial charge in [-0.05, 0) is 24.3 Å². The van der Waals surface area contributed by atoms with Crippen LogP contribution in [0.2, 0.25) is 10.0 Å². The van der Waals surface area contributed by atoms with Crippen molar-refractivity contribution in [3.05, 3.63) is 57.8 Å². The molecule has 3 N–H and O–H groups in total. The Bertz CT molecular complexity index is 647. The summed E-state index contributed by atoms with van der Waals surface area (Å²) in [5.74, 6) is -0.687. The number of hydrogen-bond acceptors (Lipinski definition) is 2. The van der Waals surface area contributed by atoms with Gasteiger partial charge in [-0.25, -0.2) is 4.39 Å². The highest BCUT2D eigenvalue weighted by molar-refractivity contribution is 6.42. The molecule has 0 aromatic heterocycles. The van der Waals surface area contributed by atoms with Crippen LogP contribution in [0, 0.1) is 11.2 Å². The van der Waals surface area contributed by atoms with Crippen molar-refractivity contribution in [1.82, 2.24) is 0 Å². The number of hydrogen-bond donors (Lipinski definition) is 2. The van der Waals surface area contributed by atoms with Crippen LogP contribution < -0.4 is 10.5 Å². The Kier molecular flexibility index (Phi) is 3.93. The van der Waals surface area contributed by atoms with Crippen molar-refractivity contribution in [1.29, 1.82) is 5.41 Å². The molecule has 0 saturated heterocycles. The minimum Gasteiger partial charge on any atom is -0.455 e.